The van der Waals surface area contributed by atoms with E-state index in [0.717, 1.165) is 38.4 Å². The lowest BCUT2D eigenvalue weighted by Gasteiger charge is -2.35. The van der Waals surface area contributed by atoms with Crippen molar-refractivity contribution in [1.29, 1.82) is 0 Å². The highest BCUT2D eigenvalue weighted by molar-refractivity contribution is 7.92. The minimum absolute atomic E-state index is 0.153. The van der Waals surface area contributed by atoms with Crippen molar-refractivity contribution < 1.29 is 18.0 Å². The molecule has 0 fully saturated rings. The number of benzene rings is 3. The molecule has 3 aromatic carbocycles. The fourth-order valence-electron chi connectivity index (χ4n) is 4.60. The number of carbonyl (C=O) groups is 2. The Balaban J connectivity index is 2.10. The Morgan fingerprint density at radius 1 is 0.850 bits per heavy atom. The van der Waals surface area contributed by atoms with Gasteiger partial charge >= 0.3 is 0 Å². The quantitative estimate of drug-likeness (QED) is 0.379. The lowest BCUT2D eigenvalue weighted by Crippen LogP contribution is -2.56. The summed E-state index contributed by atoms with van der Waals surface area (Å²) in [7, 11) is -3.81. The number of rotatable bonds is 10. The predicted octanol–water partition coefficient (Wildman–Crippen LogP) is 4.93. The summed E-state index contributed by atoms with van der Waals surface area (Å²) in [6.07, 6.45) is 1.38. The van der Waals surface area contributed by atoms with E-state index in [-0.39, 0.29) is 18.9 Å². The summed E-state index contributed by atoms with van der Waals surface area (Å²) in [5, 5.41) is 3.04. The van der Waals surface area contributed by atoms with E-state index in [1.54, 1.807) is 6.07 Å². The summed E-state index contributed by atoms with van der Waals surface area (Å²) in [5.41, 5.74) is 4.31. The molecule has 0 aliphatic heterocycles. The van der Waals surface area contributed by atoms with Crippen LogP contribution in [-0.4, -0.2) is 49.5 Å². The van der Waals surface area contributed by atoms with Crippen molar-refractivity contribution in [3.05, 3.63) is 101 Å². The summed E-state index contributed by atoms with van der Waals surface area (Å²) in [4.78, 5) is 29.5. The van der Waals surface area contributed by atoms with E-state index >= 15 is 0 Å². The molecule has 0 aliphatic carbocycles. The summed E-state index contributed by atoms with van der Waals surface area (Å²) in [5.74, 6) is -0.757. The summed E-state index contributed by atoms with van der Waals surface area (Å²) in [6.45, 7) is 11.1. The number of hydrogen-bond donors (Lipinski definition) is 1. The van der Waals surface area contributed by atoms with Gasteiger partial charge < -0.3 is 10.2 Å². The van der Waals surface area contributed by atoms with Crippen LogP contribution in [0.25, 0.3) is 0 Å². The van der Waals surface area contributed by atoms with Crippen molar-refractivity contribution >= 4 is 27.5 Å². The van der Waals surface area contributed by atoms with Gasteiger partial charge in [0, 0.05) is 18.5 Å². The maximum Gasteiger partial charge on any atom is 0.244 e. The van der Waals surface area contributed by atoms with Gasteiger partial charge in [0.2, 0.25) is 21.8 Å². The van der Waals surface area contributed by atoms with Crippen LogP contribution in [0.3, 0.4) is 0 Å². The third-order valence-corrected chi connectivity index (χ3v) is 7.64. The van der Waals surface area contributed by atoms with Gasteiger partial charge in [-0.2, -0.15) is 0 Å². The summed E-state index contributed by atoms with van der Waals surface area (Å²) >= 11 is 0. The van der Waals surface area contributed by atoms with Crippen LogP contribution in [0.4, 0.5) is 5.69 Å². The van der Waals surface area contributed by atoms with E-state index < -0.39 is 34.1 Å². The van der Waals surface area contributed by atoms with Crippen molar-refractivity contribution in [3.8, 4) is 0 Å². The average molecular weight is 564 g/mol. The molecule has 0 aromatic heterocycles. The predicted molar refractivity (Wildman–Crippen MR) is 162 cm³/mol. The number of hydrogen-bond acceptors (Lipinski definition) is 4. The Morgan fingerprint density at radius 2 is 1.48 bits per heavy atom. The smallest absolute Gasteiger partial charge is 0.244 e. The van der Waals surface area contributed by atoms with Crippen LogP contribution in [0.15, 0.2) is 72.8 Å². The molecular formula is C32H41N3O4S. The second-order valence-corrected chi connectivity index (χ2v) is 13.4. The molecule has 214 valence electrons. The minimum atomic E-state index is -3.81. The standard InChI is InChI=1S/C32H41N3O4S/c1-23-12-11-15-27(18-23)21-34(29(31(37)33-32(4,5)6)20-26-13-9-8-10-14-26)30(36)22-35(40(7,38)39)28-19-24(2)16-17-25(28)3/h8-19,29H,20-22H2,1-7H3,(H,33,37)/t29-/m1/s1. The molecule has 0 saturated heterocycles. The Morgan fingerprint density at radius 3 is 2.08 bits per heavy atom. The molecule has 8 heteroatoms. The number of amides is 2. The van der Waals surface area contributed by atoms with Crippen molar-refractivity contribution in [1.82, 2.24) is 10.2 Å². The van der Waals surface area contributed by atoms with Gasteiger partial charge in [-0.3, -0.25) is 13.9 Å². The van der Waals surface area contributed by atoms with Gasteiger partial charge in [0.25, 0.3) is 0 Å². The first-order valence-corrected chi connectivity index (χ1v) is 15.2. The lowest BCUT2D eigenvalue weighted by atomic mass is 10.0. The molecule has 40 heavy (non-hydrogen) atoms. The Kier molecular flexibility index (Phi) is 9.79. The van der Waals surface area contributed by atoms with Crippen LogP contribution in [-0.2, 0) is 32.6 Å². The molecule has 0 aliphatic rings. The van der Waals surface area contributed by atoms with Crippen molar-refractivity contribution in [2.45, 2.75) is 66.1 Å². The van der Waals surface area contributed by atoms with E-state index in [1.165, 1.54) is 4.90 Å². The number of nitrogens with zero attached hydrogens (tertiary/aromatic N) is 2. The third-order valence-electron chi connectivity index (χ3n) is 6.52. The molecule has 2 amide bonds. The average Bonchev–Trinajstić information content (AvgIpc) is 2.85. The van der Waals surface area contributed by atoms with Gasteiger partial charge in [0.1, 0.15) is 12.6 Å². The van der Waals surface area contributed by atoms with Gasteiger partial charge in [-0.15, -0.1) is 0 Å². The molecule has 1 N–H and O–H groups in total. The van der Waals surface area contributed by atoms with Crippen LogP contribution in [0.5, 0.6) is 0 Å². The first-order valence-electron chi connectivity index (χ1n) is 13.4. The number of sulfonamides is 1. The lowest BCUT2D eigenvalue weighted by molar-refractivity contribution is -0.140. The van der Waals surface area contributed by atoms with Crippen LogP contribution < -0.4 is 9.62 Å². The molecule has 0 saturated carbocycles. The summed E-state index contributed by atoms with van der Waals surface area (Å²) < 4.78 is 27.2. The molecule has 7 nitrogen and oxygen atoms in total. The van der Waals surface area contributed by atoms with E-state index in [0.29, 0.717) is 5.69 Å². The van der Waals surface area contributed by atoms with Gasteiger partial charge in [0.15, 0.2) is 0 Å². The molecule has 0 heterocycles. The number of anilines is 1. The van der Waals surface area contributed by atoms with Crippen molar-refractivity contribution in [2.75, 3.05) is 17.1 Å². The van der Waals surface area contributed by atoms with E-state index in [2.05, 4.69) is 5.32 Å². The number of aryl methyl sites for hydroxylation is 3. The second kappa shape index (κ2) is 12.7. The minimum Gasteiger partial charge on any atom is -0.350 e. The fourth-order valence-corrected chi connectivity index (χ4v) is 5.50. The first-order chi connectivity index (χ1) is 18.6. The third kappa shape index (κ3) is 8.68. The van der Waals surface area contributed by atoms with Crippen LogP contribution in [0, 0.1) is 20.8 Å². The zero-order valence-electron chi connectivity index (χ0n) is 24.6. The monoisotopic (exact) mass is 563 g/mol. The molecule has 0 unspecified atom stereocenters. The van der Waals surface area contributed by atoms with Gasteiger partial charge in [-0.1, -0.05) is 72.3 Å². The Hall–Kier alpha value is -3.65. The van der Waals surface area contributed by atoms with Crippen molar-refractivity contribution in [2.24, 2.45) is 0 Å². The van der Waals surface area contributed by atoms with E-state index in [1.807, 2.05) is 108 Å². The summed E-state index contributed by atoms with van der Waals surface area (Å²) in [6, 6.07) is 21.9. The maximum atomic E-state index is 14.2. The van der Waals surface area contributed by atoms with Crippen LogP contribution in [0.1, 0.15) is 48.6 Å². The van der Waals surface area contributed by atoms with Crippen LogP contribution >= 0.6 is 0 Å². The number of nitrogens with one attached hydrogen (secondary N) is 1. The van der Waals surface area contributed by atoms with Gasteiger partial charge in [-0.25, -0.2) is 8.42 Å². The molecular weight excluding hydrogens is 522 g/mol. The molecule has 0 spiro atoms. The second-order valence-electron chi connectivity index (χ2n) is 11.5. The molecule has 3 aromatic rings. The Labute approximate surface area is 239 Å². The van der Waals surface area contributed by atoms with Gasteiger partial charge in [-0.05, 0) is 69.9 Å². The van der Waals surface area contributed by atoms with Gasteiger partial charge in [0.05, 0.1) is 11.9 Å². The fraction of sp³-hybridized carbons (Fsp3) is 0.375. The number of carbonyl (C=O) groups excluding carboxylic acids is 2. The molecule has 1 atom stereocenters. The molecule has 0 radical (unpaired) electrons. The largest absolute Gasteiger partial charge is 0.350 e. The van der Waals surface area contributed by atoms with Crippen LogP contribution in [0.2, 0.25) is 0 Å². The topological polar surface area (TPSA) is 86.8 Å². The molecule has 0 bridgehead atoms. The van der Waals surface area contributed by atoms with E-state index in [9.17, 15) is 18.0 Å². The highest BCUT2D eigenvalue weighted by Gasteiger charge is 2.34. The zero-order valence-corrected chi connectivity index (χ0v) is 25.4. The highest BCUT2D eigenvalue weighted by Crippen LogP contribution is 2.25. The normalized spacial score (nSPS) is 12.5. The molecule has 3 rings (SSSR count). The zero-order chi connectivity index (χ0) is 29.7. The highest BCUT2D eigenvalue weighted by atomic mass is 32.2. The Bertz CT molecular complexity index is 1450. The van der Waals surface area contributed by atoms with E-state index in [4.69, 9.17) is 0 Å². The first kappa shape index (κ1) is 30.9. The SMILES string of the molecule is Cc1cccc(CN(C(=O)CN(c2cc(C)ccc2C)S(C)(=O)=O)[C@H](Cc2ccccc2)C(=O)NC(C)(C)C)c1. The van der Waals surface area contributed by atoms with Crippen molar-refractivity contribution in [3.63, 3.8) is 0 Å². The maximum absolute atomic E-state index is 14.2.